The van der Waals surface area contributed by atoms with E-state index in [1.165, 1.54) is 0 Å². The van der Waals surface area contributed by atoms with Gasteiger partial charge in [-0.05, 0) is 46.6 Å². The highest BCUT2D eigenvalue weighted by molar-refractivity contribution is 9.10. The van der Waals surface area contributed by atoms with Gasteiger partial charge in [-0.3, -0.25) is 0 Å². The van der Waals surface area contributed by atoms with E-state index >= 15 is 0 Å². The van der Waals surface area contributed by atoms with Gasteiger partial charge in [0.2, 0.25) is 0 Å². The summed E-state index contributed by atoms with van der Waals surface area (Å²) in [5.74, 6) is 0.670. The molecular weight excluding hydrogens is 256 g/mol. The minimum Gasteiger partial charge on any atom is -0.450 e. The van der Waals surface area contributed by atoms with E-state index < -0.39 is 0 Å². The van der Waals surface area contributed by atoms with Gasteiger partial charge in [-0.15, -0.1) is 0 Å². The predicted molar refractivity (Wildman–Crippen MR) is 60.4 cm³/mol. The van der Waals surface area contributed by atoms with Gasteiger partial charge in [0, 0.05) is 0 Å². The third-order valence-electron chi connectivity index (χ3n) is 1.68. The Morgan fingerprint density at radius 1 is 1.67 bits per heavy atom. The van der Waals surface area contributed by atoms with Crippen LogP contribution in [0, 0.1) is 17.9 Å². The number of halogens is 1. The van der Waals surface area contributed by atoms with Gasteiger partial charge < -0.3 is 4.42 Å². The average molecular weight is 263 g/mol. The summed E-state index contributed by atoms with van der Waals surface area (Å²) < 4.78 is 5.88. The predicted octanol–water partition coefficient (Wildman–Crippen LogP) is 3.77. The molecule has 0 bridgehead atoms. The van der Waals surface area contributed by atoms with Crippen LogP contribution < -0.4 is 0 Å². The molecule has 0 aliphatic carbocycles. The molecule has 0 unspecified atom stereocenters. The average Bonchev–Trinajstić information content (AvgIpc) is 2.63. The fourth-order valence-corrected chi connectivity index (χ4v) is 1.22. The second kappa shape index (κ2) is 5.19. The molecule has 0 aliphatic rings. The van der Waals surface area contributed by atoms with Crippen molar-refractivity contribution in [1.29, 1.82) is 5.26 Å². The van der Waals surface area contributed by atoms with E-state index in [2.05, 4.69) is 20.8 Å². The van der Waals surface area contributed by atoms with E-state index in [9.17, 15) is 0 Å². The van der Waals surface area contributed by atoms with Crippen LogP contribution >= 0.6 is 15.9 Å². The maximum absolute atomic E-state index is 8.61. The zero-order valence-electron chi connectivity index (χ0n) is 7.99. The van der Waals surface area contributed by atoms with Crippen molar-refractivity contribution in [2.45, 2.75) is 6.92 Å². The highest BCUT2D eigenvalue weighted by Crippen LogP contribution is 2.16. The van der Waals surface area contributed by atoms with E-state index in [1.807, 2.05) is 6.07 Å². The van der Waals surface area contributed by atoms with E-state index in [0.717, 1.165) is 0 Å². The minimum atomic E-state index is 0.0943. The summed E-state index contributed by atoms with van der Waals surface area (Å²) in [7, 11) is 0. The standard InChI is InChI=1S/C11H7BrN2O/c1-8(10(7-13)14-2)3-4-9-5-6-11(12)15-9/h3-6H,1H3/b4-3+,10-8-. The van der Waals surface area contributed by atoms with Gasteiger partial charge in [-0.2, -0.15) is 0 Å². The van der Waals surface area contributed by atoms with Gasteiger partial charge in [0.05, 0.1) is 12.6 Å². The molecule has 0 amide bonds. The molecule has 0 radical (unpaired) electrons. The normalized spacial score (nSPS) is 12.0. The summed E-state index contributed by atoms with van der Waals surface area (Å²) in [5, 5.41) is 8.61. The molecule has 3 nitrogen and oxygen atoms in total. The second-order valence-electron chi connectivity index (χ2n) is 2.73. The zero-order chi connectivity index (χ0) is 11.3. The largest absolute Gasteiger partial charge is 0.450 e. The summed E-state index contributed by atoms with van der Waals surface area (Å²) >= 11 is 3.18. The first-order valence-electron chi connectivity index (χ1n) is 4.09. The van der Waals surface area contributed by atoms with Gasteiger partial charge in [-0.1, -0.05) is 6.08 Å². The summed E-state index contributed by atoms with van der Waals surface area (Å²) in [6.45, 7) is 8.47. The quantitative estimate of drug-likeness (QED) is 0.463. The Balaban J connectivity index is 2.89. The SMILES string of the molecule is [C-]#[N+]/C(C#N)=C(C)\C=C\c1ccc(Br)o1. The smallest absolute Gasteiger partial charge is 0.264 e. The van der Waals surface area contributed by atoms with Crippen molar-refractivity contribution < 1.29 is 4.42 Å². The first-order valence-corrected chi connectivity index (χ1v) is 4.88. The molecule has 1 heterocycles. The number of rotatable bonds is 2. The maximum Gasteiger partial charge on any atom is 0.264 e. The Morgan fingerprint density at radius 3 is 2.87 bits per heavy atom. The van der Waals surface area contributed by atoms with Crippen LogP contribution in [-0.2, 0) is 0 Å². The molecular formula is C11H7BrN2O. The van der Waals surface area contributed by atoms with Crippen molar-refractivity contribution in [2.24, 2.45) is 0 Å². The number of hydrogen-bond donors (Lipinski definition) is 0. The van der Waals surface area contributed by atoms with E-state index in [-0.39, 0.29) is 5.70 Å². The Bertz CT molecular complexity index is 481. The van der Waals surface area contributed by atoms with Crippen LogP contribution in [0.1, 0.15) is 12.7 Å². The molecule has 15 heavy (non-hydrogen) atoms. The molecule has 4 heteroatoms. The molecule has 1 aromatic heterocycles. The molecule has 1 aromatic rings. The molecule has 74 valence electrons. The van der Waals surface area contributed by atoms with Crippen LogP contribution in [0.4, 0.5) is 0 Å². The lowest BCUT2D eigenvalue weighted by Gasteiger charge is -1.90. The third-order valence-corrected chi connectivity index (χ3v) is 2.11. The van der Waals surface area contributed by atoms with Crippen LogP contribution in [0.25, 0.3) is 10.9 Å². The van der Waals surface area contributed by atoms with Crippen molar-refractivity contribution in [3.63, 3.8) is 0 Å². The molecule has 0 aliphatic heterocycles. The van der Waals surface area contributed by atoms with Crippen LogP contribution in [0.2, 0.25) is 0 Å². The molecule has 0 N–H and O–H groups in total. The number of nitrogens with zero attached hydrogens (tertiary/aromatic N) is 2. The van der Waals surface area contributed by atoms with Crippen LogP contribution in [-0.4, -0.2) is 0 Å². The van der Waals surface area contributed by atoms with E-state index in [4.69, 9.17) is 16.3 Å². The van der Waals surface area contributed by atoms with Crippen molar-refractivity contribution in [3.05, 3.63) is 51.3 Å². The monoisotopic (exact) mass is 262 g/mol. The summed E-state index contributed by atoms with van der Waals surface area (Å²) in [6, 6.07) is 5.39. The number of furan rings is 1. The Kier molecular flexibility index (Phi) is 3.91. The van der Waals surface area contributed by atoms with Gasteiger partial charge in [0.15, 0.2) is 4.67 Å². The molecule has 0 spiro atoms. The molecule has 0 atom stereocenters. The summed E-state index contributed by atoms with van der Waals surface area (Å²) in [4.78, 5) is 3.10. The second-order valence-corrected chi connectivity index (χ2v) is 3.51. The number of allylic oxidation sites excluding steroid dienone is 3. The van der Waals surface area contributed by atoms with Gasteiger partial charge in [-0.25, -0.2) is 10.1 Å². The zero-order valence-corrected chi connectivity index (χ0v) is 9.58. The van der Waals surface area contributed by atoms with Gasteiger partial charge in [0.1, 0.15) is 5.76 Å². The van der Waals surface area contributed by atoms with Crippen molar-refractivity contribution in [3.8, 4) is 6.07 Å². The maximum atomic E-state index is 8.61. The van der Waals surface area contributed by atoms with Crippen LogP contribution in [0.3, 0.4) is 0 Å². The van der Waals surface area contributed by atoms with Gasteiger partial charge in [0.25, 0.3) is 5.70 Å². The molecule has 0 aromatic carbocycles. The minimum absolute atomic E-state index is 0.0943. The lowest BCUT2D eigenvalue weighted by molar-refractivity contribution is 0.531. The molecule has 0 saturated carbocycles. The highest BCUT2D eigenvalue weighted by Gasteiger charge is 1.98. The topological polar surface area (TPSA) is 41.3 Å². The molecule has 1 rings (SSSR count). The Hall–Kier alpha value is -1.78. The van der Waals surface area contributed by atoms with Crippen LogP contribution in [0.5, 0.6) is 0 Å². The fraction of sp³-hybridized carbons (Fsp3) is 0.0909. The van der Waals surface area contributed by atoms with Crippen molar-refractivity contribution >= 4 is 22.0 Å². The van der Waals surface area contributed by atoms with E-state index in [1.54, 1.807) is 31.2 Å². The summed E-state index contributed by atoms with van der Waals surface area (Å²) in [5.41, 5.74) is 0.719. The molecule has 0 saturated heterocycles. The lowest BCUT2D eigenvalue weighted by Crippen LogP contribution is -1.75. The molecule has 0 fully saturated rings. The summed E-state index contributed by atoms with van der Waals surface area (Å²) in [6.07, 6.45) is 3.39. The highest BCUT2D eigenvalue weighted by atomic mass is 79.9. The number of nitriles is 1. The van der Waals surface area contributed by atoms with Crippen LogP contribution in [0.15, 0.2) is 38.6 Å². The van der Waals surface area contributed by atoms with Crippen molar-refractivity contribution in [1.82, 2.24) is 0 Å². The first kappa shape index (κ1) is 11.3. The Morgan fingerprint density at radius 2 is 2.40 bits per heavy atom. The van der Waals surface area contributed by atoms with Crippen molar-refractivity contribution in [2.75, 3.05) is 0 Å². The number of hydrogen-bond acceptors (Lipinski definition) is 2. The van der Waals surface area contributed by atoms with E-state index in [0.29, 0.717) is 16.0 Å². The lowest BCUT2D eigenvalue weighted by atomic mass is 10.2. The Labute approximate surface area is 96.3 Å². The third kappa shape index (κ3) is 3.12. The first-order chi connectivity index (χ1) is 7.17. The fourth-order valence-electron chi connectivity index (χ4n) is 0.905. The van der Waals surface area contributed by atoms with Gasteiger partial charge >= 0.3 is 0 Å².